The molecule has 1 N–H and O–H groups in total. The first-order valence-corrected chi connectivity index (χ1v) is 10.5. The lowest BCUT2D eigenvalue weighted by Gasteiger charge is -2.31. The van der Waals surface area contributed by atoms with Gasteiger partial charge in [-0.05, 0) is 43.6 Å². The Labute approximate surface area is 186 Å². The minimum Gasteiger partial charge on any atom is -0.497 e. The minimum atomic E-state index is -0.386. The van der Waals surface area contributed by atoms with Gasteiger partial charge in [0, 0.05) is 42.4 Å². The maximum absolute atomic E-state index is 13.4. The topological polar surface area (TPSA) is 76.8 Å². The van der Waals surface area contributed by atoms with E-state index in [2.05, 4.69) is 15.4 Å². The van der Waals surface area contributed by atoms with E-state index in [1.54, 1.807) is 50.6 Å². The van der Waals surface area contributed by atoms with Crippen molar-refractivity contribution in [2.45, 2.75) is 25.3 Å². The molecule has 0 bridgehead atoms. The van der Waals surface area contributed by atoms with Crippen molar-refractivity contribution in [1.29, 1.82) is 0 Å². The molecular weight excluding hydrogens is 413 g/mol. The van der Waals surface area contributed by atoms with Crippen molar-refractivity contribution in [3.63, 3.8) is 0 Å². The molecule has 0 unspecified atom stereocenters. The zero-order valence-corrected chi connectivity index (χ0v) is 18.1. The van der Waals surface area contributed by atoms with Crippen LogP contribution in [0.3, 0.4) is 0 Å². The second-order valence-corrected chi connectivity index (χ2v) is 7.85. The Balaban J connectivity index is 1.34. The largest absolute Gasteiger partial charge is 0.497 e. The summed E-state index contributed by atoms with van der Waals surface area (Å²) < 4.78 is 29.2. The van der Waals surface area contributed by atoms with Crippen LogP contribution in [0, 0.1) is 5.82 Å². The van der Waals surface area contributed by atoms with E-state index in [-0.39, 0.29) is 23.4 Å². The summed E-state index contributed by atoms with van der Waals surface area (Å²) in [7, 11) is 3.10. The van der Waals surface area contributed by atoms with Gasteiger partial charge in [0.1, 0.15) is 17.3 Å². The summed E-state index contributed by atoms with van der Waals surface area (Å²) in [6.07, 6.45) is 1.80. The lowest BCUT2D eigenvalue weighted by molar-refractivity contribution is 0.0987. The molecule has 1 aliphatic heterocycles. The van der Waals surface area contributed by atoms with Crippen molar-refractivity contribution in [3.05, 3.63) is 71.4 Å². The number of anilines is 1. The fourth-order valence-electron chi connectivity index (χ4n) is 3.94. The molecular formula is C24H26FN3O4. The molecule has 1 fully saturated rings. The van der Waals surface area contributed by atoms with E-state index in [0.717, 1.165) is 43.7 Å². The van der Waals surface area contributed by atoms with Gasteiger partial charge in [0.15, 0.2) is 0 Å². The fraction of sp³-hybridized carbons (Fsp3) is 0.333. The van der Waals surface area contributed by atoms with E-state index in [1.165, 1.54) is 6.07 Å². The first kappa shape index (κ1) is 21.8. The molecule has 0 saturated carbocycles. The number of aromatic nitrogens is 1. The van der Waals surface area contributed by atoms with Gasteiger partial charge in [0.2, 0.25) is 5.76 Å². The number of hydrogen-bond acceptors (Lipinski definition) is 6. The summed E-state index contributed by atoms with van der Waals surface area (Å²) in [6.45, 7) is 2.47. The highest BCUT2D eigenvalue weighted by Gasteiger charge is 2.25. The summed E-state index contributed by atoms with van der Waals surface area (Å²) >= 11 is 0. The number of amides is 1. The molecule has 2 heterocycles. The van der Waals surface area contributed by atoms with Crippen LogP contribution in [0.2, 0.25) is 0 Å². The van der Waals surface area contributed by atoms with Gasteiger partial charge in [-0.3, -0.25) is 9.69 Å². The van der Waals surface area contributed by atoms with Crippen LogP contribution < -0.4 is 14.8 Å². The van der Waals surface area contributed by atoms with Crippen molar-refractivity contribution in [2.24, 2.45) is 0 Å². The number of likely N-dealkylation sites (tertiary alicyclic amines) is 1. The van der Waals surface area contributed by atoms with E-state index >= 15 is 0 Å². The number of ether oxygens (including phenoxy) is 2. The average Bonchev–Trinajstić information content (AvgIpc) is 3.30. The maximum atomic E-state index is 13.4. The Morgan fingerprint density at radius 3 is 2.50 bits per heavy atom. The predicted molar refractivity (Wildman–Crippen MR) is 118 cm³/mol. The molecule has 3 aromatic rings. The Morgan fingerprint density at radius 2 is 1.84 bits per heavy atom. The molecule has 0 spiro atoms. The lowest BCUT2D eigenvalue weighted by Crippen LogP contribution is -2.32. The quantitative estimate of drug-likeness (QED) is 0.586. The normalized spacial score (nSPS) is 14.8. The standard InChI is InChI=1S/C24H26FN3O4/c1-30-20-11-19(12-21(13-20)31-2)26-24(29)23-14-22(27-32-23)17-6-8-28(9-7-17)15-16-4-3-5-18(25)10-16/h3-5,10-14,17H,6-9,15H2,1-2H3,(H,26,29). The van der Waals surface area contributed by atoms with Gasteiger partial charge >= 0.3 is 0 Å². The average molecular weight is 439 g/mol. The number of rotatable bonds is 7. The number of benzene rings is 2. The molecule has 0 radical (unpaired) electrons. The van der Waals surface area contributed by atoms with E-state index < -0.39 is 0 Å². The number of hydrogen-bond donors (Lipinski definition) is 1. The van der Waals surface area contributed by atoms with Gasteiger partial charge in [0.25, 0.3) is 5.91 Å². The number of carbonyl (C=O) groups excluding carboxylic acids is 1. The van der Waals surface area contributed by atoms with Gasteiger partial charge in [-0.15, -0.1) is 0 Å². The molecule has 8 heteroatoms. The highest BCUT2D eigenvalue weighted by Crippen LogP contribution is 2.29. The molecule has 1 aliphatic rings. The molecule has 1 aromatic heterocycles. The number of piperidine rings is 1. The molecule has 1 amide bonds. The monoisotopic (exact) mass is 439 g/mol. The summed E-state index contributed by atoms with van der Waals surface area (Å²) in [5.74, 6) is 0.927. The van der Waals surface area contributed by atoms with E-state index in [4.69, 9.17) is 14.0 Å². The minimum absolute atomic E-state index is 0.156. The molecule has 32 heavy (non-hydrogen) atoms. The number of nitrogens with one attached hydrogen (secondary N) is 1. The third kappa shape index (κ3) is 5.26. The van der Waals surface area contributed by atoms with E-state index in [9.17, 15) is 9.18 Å². The summed E-state index contributed by atoms with van der Waals surface area (Å²) in [6, 6.07) is 13.5. The highest BCUT2D eigenvalue weighted by molar-refractivity contribution is 6.02. The number of methoxy groups -OCH3 is 2. The van der Waals surface area contributed by atoms with Crippen LogP contribution in [0.15, 0.2) is 53.1 Å². The first-order chi connectivity index (χ1) is 15.5. The molecule has 7 nitrogen and oxygen atoms in total. The maximum Gasteiger partial charge on any atom is 0.294 e. The summed E-state index contributed by atoms with van der Waals surface area (Å²) in [5, 5.41) is 6.93. The van der Waals surface area contributed by atoms with Crippen LogP contribution in [0.5, 0.6) is 11.5 Å². The zero-order chi connectivity index (χ0) is 22.5. The van der Waals surface area contributed by atoms with Crippen molar-refractivity contribution in [2.75, 3.05) is 32.6 Å². The van der Waals surface area contributed by atoms with Gasteiger partial charge < -0.3 is 19.3 Å². The van der Waals surface area contributed by atoms with Crippen LogP contribution in [0.25, 0.3) is 0 Å². The predicted octanol–water partition coefficient (Wildman–Crippen LogP) is 4.46. The summed E-state index contributed by atoms with van der Waals surface area (Å²) in [5.41, 5.74) is 2.29. The molecule has 1 saturated heterocycles. The molecule has 0 atom stereocenters. The van der Waals surface area contributed by atoms with Crippen molar-refractivity contribution in [3.8, 4) is 11.5 Å². The van der Waals surface area contributed by atoms with E-state index in [0.29, 0.717) is 17.2 Å². The van der Waals surface area contributed by atoms with Gasteiger partial charge in [-0.2, -0.15) is 0 Å². The van der Waals surface area contributed by atoms with Crippen LogP contribution in [0.1, 0.15) is 40.6 Å². The van der Waals surface area contributed by atoms with Crippen LogP contribution >= 0.6 is 0 Å². The van der Waals surface area contributed by atoms with E-state index in [1.807, 2.05) is 6.07 Å². The number of nitrogens with zero attached hydrogens (tertiary/aromatic N) is 2. The van der Waals surface area contributed by atoms with Crippen molar-refractivity contribution >= 4 is 11.6 Å². The smallest absolute Gasteiger partial charge is 0.294 e. The van der Waals surface area contributed by atoms with Gasteiger partial charge in [0.05, 0.1) is 19.9 Å². The van der Waals surface area contributed by atoms with Crippen LogP contribution in [-0.4, -0.2) is 43.3 Å². The zero-order valence-electron chi connectivity index (χ0n) is 18.1. The van der Waals surface area contributed by atoms with Crippen LogP contribution in [0.4, 0.5) is 10.1 Å². The van der Waals surface area contributed by atoms with Crippen molar-refractivity contribution < 1.29 is 23.2 Å². The molecule has 2 aromatic carbocycles. The second-order valence-electron chi connectivity index (χ2n) is 7.85. The summed E-state index contributed by atoms with van der Waals surface area (Å²) in [4.78, 5) is 14.9. The highest BCUT2D eigenvalue weighted by atomic mass is 19.1. The molecule has 0 aliphatic carbocycles. The third-order valence-electron chi connectivity index (χ3n) is 5.66. The first-order valence-electron chi connectivity index (χ1n) is 10.5. The fourth-order valence-corrected chi connectivity index (χ4v) is 3.94. The number of carbonyl (C=O) groups is 1. The molecule has 4 rings (SSSR count). The Kier molecular flexibility index (Phi) is 6.70. The molecule has 168 valence electrons. The Hall–Kier alpha value is -3.39. The second kappa shape index (κ2) is 9.82. The van der Waals surface area contributed by atoms with Crippen LogP contribution in [-0.2, 0) is 6.54 Å². The van der Waals surface area contributed by atoms with Crippen molar-refractivity contribution in [1.82, 2.24) is 10.1 Å². The third-order valence-corrected chi connectivity index (χ3v) is 5.66. The SMILES string of the molecule is COc1cc(NC(=O)c2cc(C3CCN(Cc4cccc(F)c4)CC3)no2)cc(OC)c1. The Morgan fingerprint density at radius 1 is 1.12 bits per heavy atom. The Bertz CT molecular complexity index is 1050. The van der Waals surface area contributed by atoms with Gasteiger partial charge in [-0.1, -0.05) is 17.3 Å². The lowest BCUT2D eigenvalue weighted by atomic mass is 9.93. The van der Waals surface area contributed by atoms with Gasteiger partial charge in [-0.25, -0.2) is 4.39 Å². The number of halogens is 1.